The van der Waals surface area contributed by atoms with Gasteiger partial charge < -0.3 is 4.74 Å². The molecule has 0 aliphatic carbocycles. The zero-order valence-electron chi connectivity index (χ0n) is 9.92. The molecule has 0 aliphatic rings. The van der Waals surface area contributed by atoms with E-state index >= 15 is 0 Å². The number of benzene rings is 1. The number of ether oxygens (including phenoxy) is 1. The van der Waals surface area contributed by atoms with E-state index in [0.717, 1.165) is 0 Å². The minimum atomic E-state index is -0.493. The molecule has 1 N–H and O–H groups in total. The van der Waals surface area contributed by atoms with Gasteiger partial charge in [-0.3, -0.25) is 20.0 Å². The number of hydrogen-bond donors (Lipinski definition) is 1. The van der Waals surface area contributed by atoms with Gasteiger partial charge in [-0.05, 0) is 28.1 Å². The van der Waals surface area contributed by atoms with Crippen molar-refractivity contribution in [2.24, 2.45) is 0 Å². The van der Waals surface area contributed by atoms with Gasteiger partial charge in [0.05, 0.1) is 22.9 Å². The number of H-pyrrole nitrogens is 1. The number of nitrogens with zero attached hydrogens (tertiary/aromatic N) is 2. The molecule has 100 valence electrons. The standard InChI is InChI=1S/C11H10BrN3O4/c1-19-6-9-10(12)11(16)14(13-9)7-2-4-8(5-3-7)15(17)18/h2-5,13H,6H2,1H3. The first-order chi connectivity index (χ1) is 9.04. The van der Waals surface area contributed by atoms with Gasteiger partial charge in [-0.2, -0.15) is 0 Å². The first-order valence-electron chi connectivity index (χ1n) is 5.27. The third-order valence-electron chi connectivity index (χ3n) is 2.51. The van der Waals surface area contributed by atoms with Crippen LogP contribution in [0, 0.1) is 10.1 Å². The number of methoxy groups -OCH3 is 1. The van der Waals surface area contributed by atoms with Crippen molar-refractivity contribution in [2.75, 3.05) is 7.11 Å². The molecule has 1 heterocycles. The molecule has 0 spiro atoms. The summed E-state index contributed by atoms with van der Waals surface area (Å²) in [7, 11) is 1.52. The van der Waals surface area contributed by atoms with Gasteiger partial charge in [-0.25, -0.2) is 4.68 Å². The predicted octanol–water partition coefficient (Wildman–Crippen LogP) is 1.98. The number of aromatic nitrogens is 2. The predicted molar refractivity (Wildman–Crippen MR) is 71.5 cm³/mol. The first kappa shape index (κ1) is 13.5. The first-order valence-corrected chi connectivity index (χ1v) is 6.07. The number of hydrogen-bond acceptors (Lipinski definition) is 4. The molecule has 0 saturated carbocycles. The average Bonchev–Trinajstić information content (AvgIpc) is 2.68. The van der Waals surface area contributed by atoms with E-state index in [1.165, 1.54) is 36.1 Å². The van der Waals surface area contributed by atoms with Gasteiger partial charge in [-0.1, -0.05) is 0 Å². The van der Waals surface area contributed by atoms with E-state index in [4.69, 9.17) is 4.74 Å². The summed E-state index contributed by atoms with van der Waals surface area (Å²) in [5.74, 6) is 0. The largest absolute Gasteiger partial charge is 0.378 e. The Labute approximate surface area is 116 Å². The van der Waals surface area contributed by atoms with Crippen molar-refractivity contribution < 1.29 is 9.66 Å². The van der Waals surface area contributed by atoms with Gasteiger partial charge in [0, 0.05) is 19.2 Å². The normalized spacial score (nSPS) is 10.6. The number of nitrogens with one attached hydrogen (secondary N) is 1. The van der Waals surface area contributed by atoms with E-state index in [2.05, 4.69) is 21.0 Å². The lowest BCUT2D eigenvalue weighted by Crippen LogP contribution is -2.14. The third-order valence-corrected chi connectivity index (χ3v) is 3.33. The van der Waals surface area contributed by atoms with E-state index in [-0.39, 0.29) is 17.9 Å². The summed E-state index contributed by atoms with van der Waals surface area (Å²) in [6, 6.07) is 5.68. The maximum Gasteiger partial charge on any atom is 0.285 e. The fraction of sp³-hybridized carbons (Fsp3) is 0.182. The molecule has 0 unspecified atom stereocenters. The Morgan fingerprint density at radius 3 is 2.58 bits per heavy atom. The van der Waals surface area contributed by atoms with Crippen molar-refractivity contribution in [3.63, 3.8) is 0 Å². The Balaban J connectivity index is 2.44. The Morgan fingerprint density at radius 2 is 2.05 bits per heavy atom. The van der Waals surface area contributed by atoms with E-state index in [1.54, 1.807) is 0 Å². The second kappa shape index (κ2) is 5.37. The number of non-ortho nitro benzene ring substituents is 1. The molecule has 8 heteroatoms. The quantitative estimate of drug-likeness (QED) is 0.686. The minimum absolute atomic E-state index is 0.0282. The Morgan fingerprint density at radius 1 is 1.42 bits per heavy atom. The maximum atomic E-state index is 12.0. The van der Waals surface area contributed by atoms with Gasteiger partial charge in [0.2, 0.25) is 0 Å². The van der Waals surface area contributed by atoms with Crippen LogP contribution in [0.15, 0.2) is 33.5 Å². The van der Waals surface area contributed by atoms with Gasteiger partial charge in [0.15, 0.2) is 0 Å². The van der Waals surface area contributed by atoms with Gasteiger partial charge in [-0.15, -0.1) is 0 Å². The van der Waals surface area contributed by atoms with Crippen LogP contribution < -0.4 is 5.56 Å². The average molecular weight is 328 g/mol. The fourth-order valence-corrected chi connectivity index (χ4v) is 1.99. The molecule has 0 fully saturated rings. The van der Waals surface area contributed by atoms with Crippen LogP contribution in [-0.2, 0) is 11.3 Å². The summed E-state index contributed by atoms with van der Waals surface area (Å²) in [5.41, 5.74) is 0.810. The monoisotopic (exact) mass is 327 g/mol. The molecular formula is C11H10BrN3O4. The Hall–Kier alpha value is -1.93. The molecule has 0 atom stereocenters. The molecule has 0 bridgehead atoms. The summed E-state index contributed by atoms with van der Waals surface area (Å²) < 4.78 is 6.64. The van der Waals surface area contributed by atoms with Crippen molar-refractivity contribution in [1.29, 1.82) is 0 Å². The summed E-state index contributed by atoms with van der Waals surface area (Å²) in [6.07, 6.45) is 0. The highest BCUT2D eigenvalue weighted by atomic mass is 79.9. The fourth-order valence-electron chi connectivity index (χ4n) is 1.61. The van der Waals surface area contributed by atoms with E-state index in [0.29, 0.717) is 15.9 Å². The third kappa shape index (κ3) is 2.59. The lowest BCUT2D eigenvalue weighted by atomic mass is 10.3. The number of nitro benzene ring substituents is 1. The lowest BCUT2D eigenvalue weighted by molar-refractivity contribution is -0.384. The molecule has 0 radical (unpaired) electrons. The summed E-state index contributed by atoms with van der Waals surface area (Å²) in [4.78, 5) is 22.1. The smallest absolute Gasteiger partial charge is 0.285 e. The zero-order valence-corrected chi connectivity index (χ0v) is 11.5. The van der Waals surface area contributed by atoms with E-state index in [9.17, 15) is 14.9 Å². The van der Waals surface area contributed by atoms with E-state index in [1.807, 2.05) is 0 Å². The Kier molecular flexibility index (Phi) is 3.82. The number of aromatic amines is 1. The van der Waals surface area contributed by atoms with Gasteiger partial charge in [0.25, 0.3) is 11.2 Å². The highest BCUT2D eigenvalue weighted by Gasteiger charge is 2.13. The van der Waals surface area contributed by atoms with Crippen LogP contribution in [0.25, 0.3) is 5.69 Å². The summed E-state index contributed by atoms with van der Waals surface area (Å²) in [6.45, 7) is 0.260. The maximum absolute atomic E-state index is 12.0. The molecule has 0 aliphatic heterocycles. The number of halogens is 1. The van der Waals surface area contributed by atoms with Crippen LogP contribution in [-0.4, -0.2) is 21.8 Å². The highest BCUT2D eigenvalue weighted by Crippen LogP contribution is 2.16. The van der Waals surface area contributed by atoms with Crippen molar-refractivity contribution in [3.8, 4) is 5.69 Å². The minimum Gasteiger partial charge on any atom is -0.378 e. The van der Waals surface area contributed by atoms with Crippen molar-refractivity contribution in [3.05, 3.63) is 54.9 Å². The number of nitro groups is 1. The van der Waals surface area contributed by atoms with Crippen LogP contribution in [0.2, 0.25) is 0 Å². The topological polar surface area (TPSA) is 90.2 Å². The molecule has 0 amide bonds. The summed E-state index contributed by atoms with van der Waals surface area (Å²) >= 11 is 3.18. The van der Waals surface area contributed by atoms with Gasteiger partial charge in [0.1, 0.15) is 4.47 Å². The zero-order chi connectivity index (χ0) is 14.0. The Bertz CT molecular complexity index is 660. The molecule has 0 saturated heterocycles. The van der Waals surface area contributed by atoms with Crippen LogP contribution in [0.4, 0.5) is 5.69 Å². The molecule has 1 aromatic heterocycles. The van der Waals surface area contributed by atoms with Crippen LogP contribution >= 0.6 is 15.9 Å². The van der Waals surface area contributed by atoms with Crippen molar-refractivity contribution in [2.45, 2.75) is 6.61 Å². The molecule has 2 rings (SSSR count). The highest BCUT2D eigenvalue weighted by molar-refractivity contribution is 9.10. The number of rotatable bonds is 4. The molecule has 7 nitrogen and oxygen atoms in total. The van der Waals surface area contributed by atoms with Crippen molar-refractivity contribution >= 4 is 21.6 Å². The lowest BCUT2D eigenvalue weighted by Gasteiger charge is -2.01. The second-order valence-corrected chi connectivity index (χ2v) is 4.54. The van der Waals surface area contributed by atoms with Crippen LogP contribution in [0.5, 0.6) is 0 Å². The van der Waals surface area contributed by atoms with Crippen LogP contribution in [0.1, 0.15) is 5.69 Å². The van der Waals surface area contributed by atoms with Crippen molar-refractivity contribution in [1.82, 2.24) is 9.78 Å². The van der Waals surface area contributed by atoms with Gasteiger partial charge >= 0.3 is 0 Å². The van der Waals surface area contributed by atoms with Crippen LogP contribution in [0.3, 0.4) is 0 Å². The SMILES string of the molecule is COCc1[nH]n(-c2ccc([N+](=O)[O-])cc2)c(=O)c1Br. The second-order valence-electron chi connectivity index (χ2n) is 3.75. The summed E-state index contributed by atoms with van der Waals surface area (Å²) in [5, 5.41) is 13.4. The molecule has 1 aromatic carbocycles. The molecule has 2 aromatic rings. The molecule has 19 heavy (non-hydrogen) atoms. The van der Waals surface area contributed by atoms with E-state index < -0.39 is 4.92 Å². The molecular weight excluding hydrogens is 318 g/mol.